The Morgan fingerprint density at radius 3 is 1.64 bits per heavy atom. The molecule has 0 saturated heterocycles. The van der Waals surface area contributed by atoms with Crippen LogP contribution in [-0.4, -0.2) is 9.97 Å². The molecule has 1 aromatic heterocycles. The van der Waals surface area contributed by atoms with Gasteiger partial charge >= 0.3 is 0 Å². The normalized spacial score (nSPS) is 11.9. The van der Waals surface area contributed by atoms with Crippen LogP contribution in [0.2, 0.25) is 0 Å². The molecular weight excluding hydrogens is 402 g/mol. The summed E-state index contributed by atoms with van der Waals surface area (Å²) in [6.45, 7) is 4.43. The van der Waals surface area contributed by atoms with Gasteiger partial charge in [-0.3, -0.25) is 0 Å². The fourth-order valence-electron chi connectivity index (χ4n) is 4.13. The Morgan fingerprint density at radius 2 is 1.09 bits per heavy atom. The second kappa shape index (κ2) is 9.25. The van der Waals surface area contributed by atoms with Gasteiger partial charge in [0.15, 0.2) is 0 Å². The van der Waals surface area contributed by atoms with E-state index >= 15 is 0 Å². The van der Waals surface area contributed by atoms with Crippen LogP contribution in [0, 0.1) is 0 Å². The Labute approximate surface area is 195 Å². The molecule has 0 spiro atoms. The number of benzene rings is 4. The van der Waals surface area contributed by atoms with Crippen LogP contribution < -0.4 is 4.90 Å². The van der Waals surface area contributed by atoms with Gasteiger partial charge in [-0.15, -0.1) is 0 Å². The number of hydrogen-bond donors (Lipinski definition) is 0. The minimum atomic E-state index is 0.335. The van der Waals surface area contributed by atoms with E-state index in [9.17, 15) is 0 Å². The van der Waals surface area contributed by atoms with Crippen molar-refractivity contribution in [3.63, 3.8) is 0 Å². The van der Waals surface area contributed by atoms with Crippen molar-refractivity contribution in [2.45, 2.75) is 26.2 Å². The van der Waals surface area contributed by atoms with Gasteiger partial charge in [0.2, 0.25) is 0 Å². The highest BCUT2D eigenvalue weighted by atomic mass is 15.1. The molecule has 0 aliphatic carbocycles. The van der Waals surface area contributed by atoms with E-state index in [1.807, 2.05) is 36.4 Å². The van der Waals surface area contributed by atoms with Gasteiger partial charge in [0, 0.05) is 28.5 Å². The van der Waals surface area contributed by atoms with Crippen molar-refractivity contribution in [1.29, 1.82) is 0 Å². The number of aromatic nitrogens is 2. The Kier molecular flexibility index (Phi) is 5.86. The Morgan fingerprint density at radius 1 is 0.606 bits per heavy atom. The Hall–Kier alpha value is -3.98. The van der Waals surface area contributed by atoms with Gasteiger partial charge in [0.1, 0.15) is 0 Å². The van der Waals surface area contributed by atoms with Crippen LogP contribution >= 0.6 is 0 Å². The van der Waals surface area contributed by atoms with Crippen LogP contribution in [0.25, 0.3) is 22.3 Å². The first-order valence-electron chi connectivity index (χ1n) is 11.5. The van der Waals surface area contributed by atoms with Crippen LogP contribution in [-0.2, 0) is 0 Å². The van der Waals surface area contributed by atoms with Gasteiger partial charge in [-0.05, 0) is 55.0 Å². The zero-order valence-electron chi connectivity index (χ0n) is 19.0. The van der Waals surface area contributed by atoms with Crippen molar-refractivity contribution in [2.75, 3.05) is 4.90 Å². The molecular formula is C30H27N3. The van der Waals surface area contributed by atoms with Crippen LogP contribution in [0.3, 0.4) is 0 Å². The molecule has 0 fully saturated rings. The van der Waals surface area contributed by atoms with E-state index in [4.69, 9.17) is 9.97 Å². The molecule has 0 bridgehead atoms. The molecule has 5 rings (SSSR count). The quantitative estimate of drug-likeness (QED) is 0.272. The molecule has 3 heteroatoms. The Bertz CT molecular complexity index is 1310. The summed E-state index contributed by atoms with van der Waals surface area (Å²) >= 11 is 0. The first-order valence-corrected chi connectivity index (χ1v) is 11.5. The number of fused-ring (bicyclic) bond motifs is 1. The summed E-state index contributed by atoms with van der Waals surface area (Å²) < 4.78 is 0. The van der Waals surface area contributed by atoms with Crippen LogP contribution in [0.1, 0.15) is 31.9 Å². The summed E-state index contributed by atoms with van der Waals surface area (Å²) in [4.78, 5) is 12.3. The molecule has 0 radical (unpaired) electrons. The SMILES string of the molecule is CCC(C)c1nc2ccccc2nc1-c1ccc(N(c2ccccc2)c2ccccc2)cc1. The highest BCUT2D eigenvalue weighted by Gasteiger charge is 2.17. The second-order valence-electron chi connectivity index (χ2n) is 8.31. The fraction of sp³-hybridized carbons (Fsp3) is 0.133. The smallest absolute Gasteiger partial charge is 0.0927 e. The van der Waals surface area contributed by atoms with Gasteiger partial charge in [0.05, 0.1) is 22.4 Å². The van der Waals surface area contributed by atoms with Crippen LogP contribution in [0.15, 0.2) is 109 Å². The van der Waals surface area contributed by atoms with Gasteiger partial charge in [0.25, 0.3) is 0 Å². The predicted octanol–water partition coefficient (Wildman–Crippen LogP) is 8.28. The number of anilines is 3. The third-order valence-corrected chi connectivity index (χ3v) is 6.10. The van der Waals surface area contributed by atoms with Gasteiger partial charge in [-0.25, -0.2) is 9.97 Å². The molecule has 1 heterocycles. The molecule has 4 aromatic carbocycles. The maximum Gasteiger partial charge on any atom is 0.0927 e. The number of hydrogen-bond acceptors (Lipinski definition) is 3. The average Bonchev–Trinajstić information content (AvgIpc) is 2.89. The van der Waals surface area contributed by atoms with Crippen molar-refractivity contribution >= 4 is 28.1 Å². The van der Waals surface area contributed by atoms with Gasteiger partial charge in [-0.2, -0.15) is 0 Å². The summed E-state index contributed by atoms with van der Waals surface area (Å²) in [6, 6.07) is 37.7. The highest BCUT2D eigenvalue weighted by molar-refractivity contribution is 5.81. The van der Waals surface area contributed by atoms with E-state index in [2.05, 4.69) is 91.5 Å². The third-order valence-electron chi connectivity index (χ3n) is 6.10. The summed E-state index contributed by atoms with van der Waals surface area (Å²) in [6.07, 6.45) is 1.02. The number of rotatable bonds is 6. The first-order chi connectivity index (χ1) is 16.2. The van der Waals surface area contributed by atoms with Crippen molar-refractivity contribution in [1.82, 2.24) is 9.97 Å². The molecule has 0 amide bonds. The largest absolute Gasteiger partial charge is 0.311 e. The van der Waals surface area contributed by atoms with Crippen molar-refractivity contribution in [3.05, 3.63) is 115 Å². The minimum absolute atomic E-state index is 0.335. The van der Waals surface area contributed by atoms with E-state index in [-0.39, 0.29) is 0 Å². The maximum atomic E-state index is 5.03. The highest BCUT2D eigenvalue weighted by Crippen LogP contribution is 2.36. The molecule has 162 valence electrons. The summed E-state index contributed by atoms with van der Waals surface area (Å²) in [5, 5.41) is 0. The molecule has 0 aliphatic heterocycles. The third kappa shape index (κ3) is 4.22. The lowest BCUT2D eigenvalue weighted by Crippen LogP contribution is -2.09. The molecule has 0 aliphatic rings. The van der Waals surface area contributed by atoms with Gasteiger partial charge in [-0.1, -0.05) is 74.5 Å². The van der Waals surface area contributed by atoms with E-state index < -0.39 is 0 Å². The van der Waals surface area contributed by atoms with E-state index in [1.54, 1.807) is 0 Å². The molecule has 1 atom stereocenters. The molecule has 0 saturated carbocycles. The maximum absolute atomic E-state index is 5.03. The van der Waals surface area contributed by atoms with Crippen LogP contribution in [0.5, 0.6) is 0 Å². The number of nitrogens with zero attached hydrogens (tertiary/aromatic N) is 3. The van der Waals surface area contributed by atoms with Crippen molar-refractivity contribution < 1.29 is 0 Å². The molecule has 1 unspecified atom stereocenters. The Balaban J connectivity index is 1.60. The fourth-order valence-corrected chi connectivity index (χ4v) is 4.13. The van der Waals surface area contributed by atoms with E-state index in [0.29, 0.717) is 5.92 Å². The first kappa shape index (κ1) is 20.9. The monoisotopic (exact) mass is 429 g/mol. The lowest BCUT2D eigenvalue weighted by atomic mass is 9.98. The lowest BCUT2D eigenvalue weighted by molar-refractivity contribution is 0.710. The predicted molar refractivity (Wildman–Crippen MR) is 138 cm³/mol. The van der Waals surface area contributed by atoms with E-state index in [0.717, 1.165) is 51.5 Å². The van der Waals surface area contributed by atoms with Crippen LogP contribution in [0.4, 0.5) is 17.1 Å². The van der Waals surface area contributed by atoms with E-state index in [1.165, 1.54) is 0 Å². The zero-order chi connectivity index (χ0) is 22.6. The molecule has 33 heavy (non-hydrogen) atoms. The standard InChI is InChI=1S/C30H27N3/c1-3-22(2)29-30(32-28-17-11-10-16-27(28)31-29)23-18-20-26(21-19-23)33(24-12-6-4-7-13-24)25-14-8-5-9-15-25/h4-22H,3H2,1-2H3. The van der Waals surface area contributed by atoms with Crippen molar-refractivity contribution in [2.24, 2.45) is 0 Å². The average molecular weight is 430 g/mol. The number of para-hydroxylation sites is 4. The second-order valence-corrected chi connectivity index (χ2v) is 8.31. The molecule has 5 aromatic rings. The zero-order valence-corrected chi connectivity index (χ0v) is 19.0. The minimum Gasteiger partial charge on any atom is -0.311 e. The van der Waals surface area contributed by atoms with Crippen molar-refractivity contribution in [3.8, 4) is 11.3 Å². The van der Waals surface area contributed by atoms with Gasteiger partial charge < -0.3 is 4.90 Å². The molecule has 3 nitrogen and oxygen atoms in total. The summed E-state index contributed by atoms with van der Waals surface area (Å²) in [7, 11) is 0. The lowest BCUT2D eigenvalue weighted by Gasteiger charge is -2.25. The molecule has 0 N–H and O–H groups in total. The summed E-state index contributed by atoms with van der Waals surface area (Å²) in [5.74, 6) is 0.335. The topological polar surface area (TPSA) is 29.0 Å². The summed E-state index contributed by atoms with van der Waals surface area (Å²) in [5.41, 5.74) is 8.37.